The first-order valence-electron chi connectivity index (χ1n) is 17.8. The molecule has 16 atom stereocenters. The van der Waals surface area contributed by atoms with Crippen LogP contribution in [0.5, 0.6) is 0 Å². The number of carbonyl (C=O) groups excluding carboxylic acids is 7. The first kappa shape index (κ1) is 45.6. The van der Waals surface area contributed by atoms with E-state index in [9.17, 15) is 43.8 Å². The molecule has 4 aliphatic rings. The highest BCUT2D eigenvalue weighted by Gasteiger charge is 2.59. The summed E-state index contributed by atoms with van der Waals surface area (Å²) in [6, 6.07) is 0. The Balaban J connectivity index is 1.73. The molecule has 0 spiro atoms. The van der Waals surface area contributed by atoms with E-state index in [1.54, 1.807) is 0 Å². The summed E-state index contributed by atoms with van der Waals surface area (Å²) < 4.78 is 79.8. The van der Waals surface area contributed by atoms with Crippen LogP contribution in [-0.4, -0.2) is 170 Å². The molecule has 322 valence electrons. The molecular formula is C34H48O23. The molecule has 0 aromatic carbocycles. The topological polar surface area (TPSA) is 289 Å². The van der Waals surface area contributed by atoms with Crippen LogP contribution in [0.25, 0.3) is 0 Å². The van der Waals surface area contributed by atoms with Crippen molar-refractivity contribution in [3.63, 3.8) is 0 Å². The van der Waals surface area contributed by atoms with Gasteiger partial charge in [0.2, 0.25) is 0 Å². The predicted molar refractivity (Wildman–Crippen MR) is 175 cm³/mol. The van der Waals surface area contributed by atoms with Gasteiger partial charge >= 0.3 is 41.8 Å². The molecule has 23 heteroatoms. The average molecular weight is 825 g/mol. The van der Waals surface area contributed by atoms with Crippen molar-refractivity contribution in [2.45, 2.75) is 154 Å². The minimum atomic E-state index is -1.76. The summed E-state index contributed by atoms with van der Waals surface area (Å²) in [6.45, 7) is 6.97. The van der Waals surface area contributed by atoms with E-state index in [0.717, 1.165) is 48.5 Å². The van der Waals surface area contributed by atoms with Crippen molar-refractivity contribution < 1.29 is 110 Å². The molecule has 4 aliphatic heterocycles. The molecule has 4 fully saturated rings. The van der Waals surface area contributed by atoms with Crippen molar-refractivity contribution in [3.05, 3.63) is 0 Å². The molecule has 23 nitrogen and oxygen atoms in total. The van der Waals surface area contributed by atoms with Gasteiger partial charge in [0.1, 0.15) is 43.2 Å². The van der Waals surface area contributed by atoms with Crippen LogP contribution in [-0.2, 0) is 99.9 Å². The molecule has 4 heterocycles. The number of fused-ring (bicyclic) bond motifs is 1. The minimum Gasteiger partial charge on any atom is -0.463 e. The SMILES string of the molecule is CC(=O)OC[C@H]1O[C@H](O[C@@H]2[C@H]3OC(C)O[C@H]3O[C@H](CO[C@H]3O[C@H](CO)[C@@H](O)[C@H](OC(C)=O)[C@H]3OC(C)=O)[C@H]2OC(C)=O)[C@H](OC(C)=O)[C@@H](OC(C)=O)[C@@H]1OC(C)=O. The average Bonchev–Trinajstić information content (AvgIpc) is 3.47. The third-order valence-corrected chi connectivity index (χ3v) is 8.63. The lowest BCUT2D eigenvalue weighted by molar-refractivity contribution is -0.352. The lowest BCUT2D eigenvalue weighted by atomic mass is 9.96. The maximum Gasteiger partial charge on any atom is 0.303 e. The number of esters is 7. The van der Waals surface area contributed by atoms with E-state index in [1.165, 1.54) is 6.92 Å². The maximum atomic E-state index is 12.6. The fourth-order valence-electron chi connectivity index (χ4n) is 6.66. The first-order chi connectivity index (χ1) is 26.8. The predicted octanol–water partition coefficient (Wildman–Crippen LogP) is -2.17. The Bertz CT molecular complexity index is 1470. The number of aliphatic hydroxyl groups excluding tert-OH is 2. The van der Waals surface area contributed by atoms with Crippen molar-refractivity contribution in [1.82, 2.24) is 0 Å². The second-order valence-corrected chi connectivity index (χ2v) is 13.3. The van der Waals surface area contributed by atoms with Crippen molar-refractivity contribution in [2.75, 3.05) is 19.8 Å². The molecule has 0 aliphatic carbocycles. The van der Waals surface area contributed by atoms with Gasteiger partial charge in [0.15, 0.2) is 61.8 Å². The Hall–Kier alpha value is -4.07. The lowest BCUT2D eigenvalue weighted by Crippen LogP contribution is -2.66. The van der Waals surface area contributed by atoms with Crippen LogP contribution in [0.2, 0.25) is 0 Å². The van der Waals surface area contributed by atoms with Crippen molar-refractivity contribution in [3.8, 4) is 0 Å². The monoisotopic (exact) mass is 824 g/mol. The third-order valence-electron chi connectivity index (χ3n) is 8.63. The van der Waals surface area contributed by atoms with Gasteiger partial charge < -0.3 is 76.5 Å². The van der Waals surface area contributed by atoms with Crippen LogP contribution in [0, 0.1) is 0 Å². The molecule has 0 aromatic rings. The molecular weight excluding hydrogens is 776 g/mol. The van der Waals surface area contributed by atoms with Crippen molar-refractivity contribution in [2.24, 2.45) is 0 Å². The number of aliphatic hydroxyl groups is 2. The molecule has 57 heavy (non-hydrogen) atoms. The largest absolute Gasteiger partial charge is 0.463 e. The van der Waals surface area contributed by atoms with Crippen LogP contribution < -0.4 is 0 Å². The maximum absolute atomic E-state index is 12.6. The van der Waals surface area contributed by atoms with E-state index in [1.807, 2.05) is 0 Å². The number of hydrogen-bond acceptors (Lipinski definition) is 23. The number of carbonyl (C=O) groups is 7. The molecule has 2 N–H and O–H groups in total. The Labute approximate surface area is 325 Å². The van der Waals surface area contributed by atoms with Gasteiger partial charge in [0.25, 0.3) is 0 Å². The van der Waals surface area contributed by atoms with Gasteiger partial charge in [0, 0.05) is 48.5 Å². The first-order valence-corrected chi connectivity index (χ1v) is 17.8. The third kappa shape index (κ3) is 12.0. The fourth-order valence-corrected chi connectivity index (χ4v) is 6.66. The zero-order chi connectivity index (χ0) is 42.3. The van der Waals surface area contributed by atoms with Crippen LogP contribution in [0.3, 0.4) is 0 Å². The second-order valence-electron chi connectivity index (χ2n) is 13.3. The lowest BCUT2D eigenvalue weighted by Gasteiger charge is -2.48. The minimum absolute atomic E-state index is 0.569. The number of rotatable bonds is 14. The van der Waals surface area contributed by atoms with Gasteiger partial charge in [-0.05, 0) is 6.92 Å². The summed E-state index contributed by atoms with van der Waals surface area (Å²) in [7, 11) is 0. The van der Waals surface area contributed by atoms with Crippen LogP contribution in [0.15, 0.2) is 0 Å². The molecule has 1 unspecified atom stereocenters. The van der Waals surface area contributed by atoms with Gasteiger partial charge in [0.05, 0.1) is 13.2 Å². The Morgan fingerprint density at radius 2 is 0.947 bits per heavy atom. The van der Waals surface area contributed by atoms with E-state index in [2.05, 4.69) is 0 Å². The summed E-state index contributed by atoms with van der Waals surface area (Å²) in [6.07, 6.45) is -23.6. The van der Waals surface area contributed by atoms with Gasteiger partial charge in [-0.2, -0.15) is 0 Å². The van der Waals surface area contributed by atoms with Gasteiger partial charge in [-0.3, -0.25) is 33.6 Å². The van der Waals surface area contributed by atoms with Gasteiger partial charge in [-0.1, -0.05) is 0 Å². The summed E-state index contributed by atoms with van der Waals surface area (Å²) in [5, 5.41) is 20.7. The quantitative estimate of drug-likeness (QED) is 0.139. The van der Waals surface area contributed by atoms with Crippen LogP contribution in [0.1, 0.15) is 55.4 Å². The normalized spacial score (nSPS) is 37.4. The zero-order valence-corrected chi connectivity index (χ0v) is 32.3. The zero-order valence-electron chi connectivity index (χ0n) is 32.3. The summed E-state index contributed by atoms with van der Waals surface area (Å²) in [5.74, 6) is -6.02. The van der Waals surface area contributed by atoms with Crippen molar-refractivity contribution in [1.29, 1.82) is 0 Å². The second kappa shape index (κ2) is 20.1. The smallest absolute Gasteiger partial charge is 0.303 e. The molecule has 4 rings (SSSR count). The van der Waals surface area contributed by atoms with Crippen LogP contribution in [0.4, 0.5) is 0 Å². The number of hydrogen-bond donors (Lipinski definition) is 2. The van der Waals surface area contributed by atoms with E-state index in [0.29, 0.717) is 0 Å². The Kier molecular flexibility index (Phi) is 16.1. The number of ether oxygens (including phenoxy) is 14. The highest BCUT2D eigenvalue weighted by molar-refractivity contribution is 5.69. The van der Waals surface area contributed by atoms with E-state index in [4.69, 9.17) is 66.3 Å². The summed E-state index contributed by atoms with van der Waals surface area (Å²) in [4.78, 5) is 85.6. The molecule has 0 bridgehead atoms. The molecule has 0 amide bonds. The Morgan fingerprint density at radius 3 is 1.47 bits per heavy atom. The molecule has 0 radical (unpaired) electrons. The standard InChI is InChI=1S/C34H48O23/c1-12(36)44-10-21-24(46-13(2)37)27(49-16(5)40)30(51-18(7)42)34(56-21)57-28-25(47-14(3)38)22(55-33-31(28)52-19(8)53-33)11-45-32-29(50-17(6)41)26(48-15(4)39)23(43)20(9-35)54-32/h19-35,43H,9-11H2,1-8H3/t19?,20-,21-,22-,23-,24-,25-,26+,27+,28+,29-,30-,31-,32+,33+,34-/m1/s1. The van der Waals surface area contributed by atoms with E-state index in [-0.39, 0.29) is 0 Å². The van der Waals surface area contributed by atoms with Gasteiger partial charge in [-0.15, -0.1) is 0 Å². The fraction of sp³-hybridized carbons (Fsp3) is 0.794. The van der Waals surface area contributed by atoms with E-state index < -0.39 is 160 Å². The summed E-state index contributed by atoms with van der Waals surface area (Å²) in [5.41, 5.74) is 0. The van der Waals surface area contributed by atoms with Crippen LogP contribution >= 0.6 is 0 Å². The molecule has 4 saturated heterocycles. The van der Waals surface area contributed by atoms with Crippen molar-refractivity contribution >= 4 is 41.8 Å². The van der Waals surface area contributed by atoms with Gasteiger partial charge in [-0.25, -0.2) is 0 Å². The molecule has 0 aromatic heterocycles. The highest BCUT2D eigenvalue weighted by Crippen LogP contribution is 2.39. The van der Waals surface area contributed by atoms with E-state index >= 15 is 0 Å². The molecule has 0 saturated carbocycles. The Morgan fingerprint density at radius 1 is 0.491 bits per heavy atom. The highest BCUT2D eigenvalue weighted by atomic mass is 16.8. The summed E-state index contributed by atoms with van der Waals surface area (Å²) >= 11 is 0.